The second-order valence-electron chi connectivity index (χ2n) is 7.36. The number of hydrogen-bond acceptors (Lipinski definition) is 4. The Morgan fingerprint density at radius 2 is 1.27 bits per heavy atom. The molecular weight excluding hydrogens is 414 g/mol. The Balaban J connectivity index is 1.28. The summed E-state index contributed by atoms with van der Waals surface area (Å²) in [4.78, 5) is 24.5. The SMILES string of the molecule is O=C(COC(=O)Cc1ccc(-c2ccccc2)cc1)Nc1ccccc1Oc1ccccc1. The van der Waals surface area contributed by atoms with Crippen LogP contribution in [-0.2, 0) is 20.7 Å². The van der Waals surface area contributed by atoms with E-state index >= 15 is 0 Å². The van der Waals surface area contributed by atoms with Crippen molar-refractivity contribution in [1.29, 1.82) is 0 Å². The highest BCUT2D eigenvalue weighted by Gasteiger charge is 2.12. The summed E-state index contributed by atoms with van der Waals surface area (Å²) < 4.78 is 11.0. The number of esters is 1. The monoisotopic (exact) mass is 437 g/mol. The molecule has 164 valence electrons. The molecule has 0 bridgehead atoms. The maximum absolute atomic E-state index is 12.3. The van der Waals surface area contributed by atoms with Crippen molar-refractivity contribution in [1.82, 2.24) is 0 Å². The lowest BCUT2D eigenvalue weighted by molar-refractivity contribution is -0.146. The first kappa shape index (κ1) is 21.8. The van der Waals surface area contributed by atoms with Crippen molar-refractivity contribution in [3.8, 4) is 22.6 Å². The van der Waals surface area contributed by atoms with Crippen LogP contribution in [-0.4, -0.2) is 18.5 Å². The van der Waals surface area contributed by atoms with Gasteiger partial charge in [-0.3, -0.25) is 9.59 Å². The Morgan fingerprint density at radius 1 is 0.667 bits per heavy atom. The van der Waals surface area contributed by atoms with Gasteiger partial charge in [-0.05, 0) is 41.0 Å². The Kier molecular flexibility index (Phi) is 7.13. The van der Waals surface area contributed by atoms with E-state index in [1.54, 1.807) is 18.2 Å². The number of ether oxygens (including phenoxy) is 2. The second kappa shape index (κ2) is 10.8. The molecule has 1 amide bonds. The predicted molar refractivity (Wildman–Crippen MR) is 128 cm³/mol. The lowest BCUT2D eigenvalue weighted by atomic mass is 10.0. The maximum Gasteiger partial charge on any atom is 0.310 e. The van der Waals surface area contributed by atoms with Crippen LogP contribution < -0.4 is 10.1 Å². The third-order valence-electron chi connectivity index (χ3n) is 4.91. The van der Waals surface area contributed by atoms with Gasteiger partial charge in [0.15, 0.2) is 12.4 Å². The molecule has 0 aliphatic heterocycles. The molecule has 0 radical (unpaired) electrons. The summed E-state index contributed by atoms with van der Waals surface area (Å²) in [6, 6.07) is 34.1. The van der Waals surface area contributed by atoms with Gasteiger partial charge in [0, 0.05) is 0 Å². The fourth-order valence-electron chi connectivity index (χ4n) is 3.27. The van der Waals surface area contributed by atoms with Gasteiger partial charge in [0.25, 0.3) is 5.91 Å². The smallest absolute Gasteiger partial charge is 0.310 e. The lowest BCUT2D eigenvalue weighted by Crippen LogP contribution is -2.21. The summed E-state index contributed by atoms with van der Waals surface area (Å²) in [6.07, 6.45) is 0.0933. The van der Waals surface area contributed by atoms with Gasteiger partial charge in [0.05, 0.1) is 12.1 Å². The van der Waals surface area contributed by atoms with Gasteiger partial charge in [-0.25, -0.2) is 0 Å². The molecule has 5 heteroatoms. The highest BCUT2D eigenvalue weighted by Crippen LogP contribution is 2.29. The zero-order chi connectivity index (χ0) is 22.9. The standard InChI is InChI=1S/C28H23NO4/c30-27(29-25-13-7-8-14-26(25)33-24-11-5-2-6-12-24)20-32-28(31)19-21-15-17-23(18-16-21)22-9-3-1-4-10-22/h1-18H,19-20H2,(H,29,30). The fraction of sp³-hybridized carbons (Fsp3) is 0.0714. The molecule has 5 nitrogen and oxygen atoms in total. The number of benzene rings is 4. The fourth-order valence-corrected chi connectivity index (χ4v) is 3.27. The molecule has 4 aromatic rings. The summed E-state index contributed by atoms with van der Waals surface area (Å²) in [5, 5.41) is 2.73. The number of carbonyl (C=O) groups excluding carboxylic acids is 2. The highest BCUT2D eigenvalue weighted by molar-refractivity contribution is 5.94. The van der Waals surface area contributed by atoms with E-state index in [2.05, 4.69) is 5.32 Å². The first-order valence-electron chi connectivity index (χ1n) is 10.6. The minimum Gasteiger partial charge on any atom is -0.455 e. The molecule has 0 saturated heterocycles. The van der Waals surface area contributed by atoms with Crippen LogP contribution in [0.3, 0.4) is 0 Å². The third-order valence-corrected chi connectivity index (χ3v) is 4.91. The Hall–Kier alpha value is -4.38. The van der Waals surface area contributed by atoms with Crippen molar-refractivity contribution in [2.24, 2.45) is 0 Å². The number of rotatable bonds is 8. The molecule has 0 unspecified atom stereocenters. The van der Waals surface area contributed by atoms with Crippen molar-refractivity contribution in [3.05, 3.63) is 115 Å². The minimum absolute atomic E-state index is 0.0933. The lowest BCUT2D eigenvalue weighted by Gasteiger charge is -2.12. The number of hydrogen-bond donors (Lipinski definition) is 1. The summed E-state index contributed by atoms with van der Waals surface area (Å²) in [7, 11) is 0. The molecule has 0 aromatic heterocycles. The molecule has 0 spiro atoms. The maximum atomic E-state index is 12.3. The van der Waals surface area contributed by atoms with Crippen LogP contribution in [0.1, 0.15) is 5.56 Å². The molecule has 4 rings (SSSR count). The Labute approximate surface area is 192 Å². The van der Waals surface area contributed by atoms with Crippen LogP contribution in [0.4, 0.5) is 5.69 Å². The molecule has 0 heterocycles. The van der Waals surface area contributed by atoms with Crippen molar-refractivity contribution >= 4 is 17.6 Å². The summed E-state index contributed by atoms with van der Waals surface area (Å²) in [6.45, 7) is -0.374. The van der Waals surface area contributed by atoms with Crippen LogP contribution in [0.5, 0.6) is 11.5 Å². The van der Waals surface area contributed by atoms with Crippen LogP contribution in [0.2, 0.25) is 0 Å². The van der Waals surface area contributed by atoms with Gasteiger partial charge in [-0.15, -0.1) is 0 Å². The van der Waals surface area contributed by atoms with Gasteiger partial charge in [0.2, 0.25) is 0 Å². The van der Waals surface area contributed by atoms with Gasteiger partial charge in [-0.2, -0.15) is 0 Å². The van der Waals surface area contributed by atoms with E-state index in [1.807, 2.05) is 91.0 Å². The predicted octanol–water partition coefficient (Wildman–Crippen LogP) is 5.87. The number of carbonyl (C=O) groups is 2. The number of amides is 1. The van der Waals surface area contributed by atoms with Crippen LogP contribution in [0, 0.1) is 0 Å². The third kappa shape index (κ3) is 6.31. The quantitative estimate of drug-likeness (QED) is 0.350. The minimum atomic E-state index is -0.466. The summed E-state index contributed by atoms with van der Waals surface area (Å²) in [5.41, 5.74) is 3.50. The van der Waals surface area contributed by atoms with Crippen molar-refractivity contribution in [2.75, 3.05) is 11.9 Å². The van der Waals surface area contributed by atoms with Crippen molar-refractivity contribution < 1.29 is 19.1 Å². The zero-order valence-electron chi connectivity index (χ0n) is 17.9. The van der Waals surface area contributed by atoms with Crippen molar-refractivity contribution in [3.63, 3.8) is 0 Å². The van der Waals surface area contributed by atoms with Gasteiger partial charge < -0.3 is 14.8 Å². The first-order chi connectivity index (χ1) is 16.2. The molecule has 0 fully saturated rings. The molecule has 0 saturated carbocycles. The highest BCUT2D eigenvalue weighted by atomic mass is 16.5. The number of nitrogens with one attached hydrogen (secondary N) is 1. The Bertz CT molecular complexity index is 1210. The Morgan fingerprint density at radius 3 is 2.00 bits per heavy atom. The van der Waals surface area contributed by atoms with E-state index in [9.17, 15) is 9.59 Å². The number of anilines is 1. The normalized spacial score (nSPS) is 10.3. The largest absolute Gasteiger partial charge is 0.455 e. The van der Waals surface area contributed by atoms with E-state index in [0.29, 0.717) is 17.2 Å². The first-order valence-corrected chi connectivity index (χ1v) is 10.6. The van der Waals surface area contributed by atoms with E-state index in [-0.39, 0.29) is 13.0 Å². The molecule has 0 aliphatic carbocycles. The average Bonchev–Trinajstić information content (AvgIpc) is 2.86. The summed E-state index contributed by atoms with van der Waals surface area (Å²) in [5.74, 6) is 0.254. The van der Waals surface area contributed by atoms with Gasteiger partial charge in [-0.1, -0.05) is 84.9 Å². The van der Waals surface area contributed by atoms with E-state index in [0.717, 1.165) is 16.7 Å². The van der Waals surface area contributed by atoms with Crippen LogP contribution in [0.25, 0.3) is 11.1 Å². The van der Waals surface area contributed by atoms with Crippen LogP contribution >= 0.6 is 0 Å². The molecule has 4 aromatic carbocycles. The molecule has 1 N–H and O–H groups in total. The molecule has 33 heavy (non-hydrogen) atoms. The van der Waals surface area contributed by atoms with Gasteiger partial charge in [0.1, 0.15) is 5.75 Å². The molecule has 0 aliphatic rings. The summed E-state index contributed by atoms with van der Waals surface area (Å²) >= 11 is 0. The second-order valence-corrected chi connectivity index (χ2v) is 7.36. The number of para-hydroxylation sites is 3. The molecule has 0 atom stereocenters. The van der Waals surface area contributed by atoms with E-state index in [4.69, 9.17) is 9.47 Å². The van der Waals surface area contributed by atoms with Gasteiger partial charge >= 0.3 is 5.97 Å². The van der Waals surface area contributed by atoms with Crippen molar-refractivity contribution in [2.45, 2.75) is 6.42 Å². The average molecular weight is 437 g/mol. The topological polar surface area (TPSA) is 64.6 Å². The van der Waals surface area contributed by atoms with Crippen LogP contribution in [0.15, 0.2) is 109 Å². The zero-order valence-corrected chi connectivity index (χ0v) is 17.9. The van der Waals surface area contributed by atoms with E-state index in [1.165, 1.54) is 0 Å². The van der Waals surface area contributed by atoms with E-state index < -0.39 is 11.9 Å². The molecular formula is C28H23NO4.